The van der Waals surface area contributed by atoms with Crippen molar-refractivity contribution in [3.63, 3.8) is 0 Å². The molecule has 0 aliphatic heterocycles. The van der Waals surface area contributed by atoms with Gasteiger partial charge in [0.05, 0.1) is 0 Å². The molecule has 0 amide bonds. The van der Waals surface area contributed by atoms with Crippen LogP contribution in [0.15, 0.2) is 17.5 Å². The van der Waals surface area contributed by atoms with Gasteiger partial charge >= 0.3 is 6.18 Å². The van der Waals surface area contributed by atoms with Crippen LogP contribution in [-0.4, -0.2) is 12.7 Å². The predicted molar refractivity (Wildman–Crippen MR) is 67.7 cm³/mol. The molecule has 1 aliphatic carbocycles. The lowest BCUT2D eigenvalue weighted by Gasteiger charge is -2.16. The van der Waals surface area contributed by atoms with Gasteiger partial charge in [0.2, 0.25) is 0 Å². The van der Waals surface area contributed by atoms with Crippen molar-refractivity contribution in [2.45, 2.75) is 44.3 Å². The van der Waals surface area contributed by atoms with Gasteiger partial charge in [-0.1, -0.05) is 6.07 Å². The molecule has 1 aliphatic rings. The third-order valence-electron chi connectivity index (χ3n) is 3.19. The zero-order valence-electron chi connectivity index (χ0n) is 10.2. The van der Waals surface area contributed by atoms with E-state index in [1.54, 1.807) is 11.3 Å². The molecule has 1 atom stereocenters. The highest BCUT2D eigenvalue weighted by molar-refractivity contribution is 7.10. The molecule has 1 fully saturated rings. The quantitative estimate of drug-likeness (QED) is 0.722. The second-order valence-corrected chi connectivity index (χ2v) is 5.84. The fraction of sp³-hybridized carbons (Fsp3) is 0.692. The zero-order valence-corrected chi connectivity index (χ0v) is 11.0. The molecule has 1 N–H and O–H groups in total. The van der Waals surface area contributed by atoms with E-state index in [9.17, 15) is 13.2 Å². The zero-order chi connectivity index (χ0) is 13.0. The molecular formula is C13H18F3NS. The number of rotatable bonds is 7. The maximum atomic E-state index is 12.0. The van der Waals surface area contributed by atoms with Gasteiger partial charge in [0.25, 0.3) is 0 Å². The maximum absolute atomic E-state index is 12.0. The monoisotopic (exact) mass is 277 g/mol. The Labute approximate surface area is 109 Å². The molecule has 1 saturated carbocycles. The number of nitrogens with one attached hydrogen (secondary N) is 1. The molecule has 5 heteroatoms. The number of alkyl halides is 3. The number of unbranched alkanes of at least 4 members (excludes halogenated alkanes) is 1. The lowest BCUT2D eigenvalue weighted by molar-refractivity contribution is -0.135. The summed E-state index contributed by atoms with van der Waals surface area (Å²) in [5, 5.41) is 5.47. The van der Waals surface area contributed by atoms with E-state index in [1.807, 2.05) is 6.07 Å². The summed E-state index contributed by atoms with van der Waals surface area (Å²) >= 11 is 1.72. The molecule has 0 saturated heterocycles. The Balaban J connectivity index is 1.68. The summed E-state index contributed by atoms with van der Waals surface area (Å²) in [7, 11) is 0. The summed E-state index contributed by atoms with van der Waals surface area (Å²) < 4.78 is 36.0. The van der Waals surface area contributed by atoms with Crippen molar-refractivity contribution in [1.82, 2.24) is 5.32 Å². The van der Waals surface area contributed by atoms with Crippen LogP contribution in [0.4, 0.5) is 13.2 Å². The van der Waals surface area contributed by atoms with Crippen LogP contribution in [0.3, 0.4) is 0 Å². The molecule has 102 valence electrons. The van der Waals surface area contributed by atoms with Gasteiger partial charge in [0, 0.05) is 17.3 Å². The average molecular weight is 277 g/mol. The summed E-state index contributed by atoms with van der Waals surface area (Å²) in [5.74, 6) is 0.686. The van der Waals surface area contributed by atoms with E-state index in [0.29, 0.717) is 24.9 Å². The third-order valence-corrected chi connectivity index (χ3v) is 4.15. The first-order valence-electron chi connectivity index (χ1n) is 6.40. The molecule has 1 heterocycles. The van der Waals surface area contributed by atoms with Crippen molar-refractivity contribution >= 4 is 11.3 Å². The summed E-state index contributed by atoms with van der Waals surface area (Å²) in [4.78, 5) is 1.31. The number of thiophene rings is 1. The minimum atomic E-state index is -4.01. The van der Waals surface area contributed by atoms with Gasteiger partial charge < -0.3 is 5.32 Å². The molecule has 1 unspecified atom stereocenters. The van der Waals surface area contributed by atoms with E-state index >= 15 is 0 Å². The minimum absolute atomic E-state index is 0.221. The smallest absolute Gasteiger partial charge is 0.309 e. The van der Waals surface area contributed by atoms with E-state index in [2.05, 4.69) is 16.8 Å². The van der Waals surface area contributed by atoms with Crippen LogP contribution in [0.5, 0.6) is 0 Å². The van der Waals surface area contributed by atoms with E-state index in [4.69, 9.17) is 0 Å². The van der Waals surface area contributed by atoms with Crippen molar-refractivity contribution in [3.8, 4) is 0 Å². The van der Waals surface area contributed by atoms with Crippen LogP contribution in [0.1, 0.15) is 43.0 Å². The topological polar surface area (TPSA) is 12.0 Å². The molecular weight excluding hydrogens is 259 g/mol. The molecule has 2 rings (SSSR count). The van der Waals surface area contributed by atoms with E-state index in [-0.39, 0.29) is 6.42 Å². The Morgan fingerprint density at radius 3 is 2.67 bits per heavy atom. The van der Waals surface area contributed by atoms with Crippen LogP contribution in [-0.2, 0) is 0 Å². The maximum Gasteiger partial charge on any atom is 0.389 e. The summed E-state index contributed by atoms with van der Waals surface area (Å²) in [6, 6.07) is 4.49. The van der Waals surface area contributed by atoms with Crippen LogP contribution in [0, 0.1) is 5.92 Å². The van der Waals surface area contributed by atoms with Crippen molar-refractivity contribution < 1.29 is 13.2 Å². The molecule has 0 spiro atoms. The Morgan fingerprint density at radius 1 is 1.33 bits per heavy atom. The first-order valence-corrected chi connectivity index (χ1v) is 7.28. The van der Waals surface area contributed by atoms with E-state index in [1.165, 1.54) is 17.7 Å². The molecule has 0 radical (unpaired) electrons. The number of hydrogen-bond donors (Lipinski definition) is 1. The average Bonchev–Trinajstić information content (AvgIpc) is 2.97. The fourth-order valence-electron chi connectivity index (χ4n) is 2.11. The molecule has 0 aromatic carbocycles. The minimum Gasteiger partial charge on any atom is -0.309 e. The molecule has 0 bridgehead atoms. The van der Waals surface area contributed by atoms with Crippen molar-refractivity contribution in [2.75, 3.05) is 6.54 Å². The number of halogens is 3. The van der Waals surface area contributed by atoms with Gasteiger partial charge in [0.15, 0.2) is 0 Å². The molecule has 1 aromatic heterocycles. The van der Waals surface area contributed by atoms with Crippen LogP contribution >= 0.6 is 11.3 Å². The highest BCUT2D eigenvalue weighted by Gasteiger charge is 2.32. The van der Waals surface area contributed by atoms with E-state index in [0.717, 1.165) is 0 Å². The first kappa shape index (κ1) is 13.9. The van der Waals surface area contributed by atoms with Gasteiger partial charge in [-0.3, -0.25) is 0 Å². The lowest BCUT2D eigenvalue weighted by Crippen LogP contribution is -2.23. The third kappa shape index (κ3) is 4.61. The highest BCUT2D eigenvalue weighted by atomic mass is 32.1. The van der Waals surface area contributed by atoms with Gasteiger partial charge in [-0.15, -0.1) is 11.3 Å². The normalized spacial score (nSPS) is 17.9. The van der Waals surface area contributed by atoms with Gasteiger partial charge in [0.1, 0.15) is 0 Å². The standard InChI is InChI=1S/C13H18F3NS/c14-13(15,16)7-1-2-8-17-12(10-5-6-10)11-4-3-9-18-11/h3-4,9-10,12,17H,1-2,5-8H2. The molecule has 1 nitrogen and oxygen atoms in total. The number of hydrogen-bond acceptors (Lipinski definition) is 2. The fourth-order valence-corrected chi connectivity index (χ4v) is 3.00. The highest BCUT2D eigenvalue weighted by Crippen LogP contribution is 2.42. The summed E-state index contributed by atoms with van der Waals surface area (Å²) in [6.07, 6.45) is -1.39. The predicted octanol–water partition coefficient (Wildman–Crippen LogP) is 4.52. The summed E-state index contributed by atoms with van der Waals surface area (Å²) in [6.45, 7) is 0.676. The molecule has 1 aromatic rings. The first-order chi connectivity index (χ1) is 8.56. The van der Waals surface area contributed by atoms with Crippen LogP contribution < -0.4 is 5.32 Å². The Morgan fingerprint density at radius 2 is 2.11 bits per heavy atom. The second-order valence-electron chi connectivity index (χ2n) is 4.86. The van der Waals surface area contributed by atoms with Gasteiger partial charge in [-0.2, -0.15) is 13.2 Å². The van der Waals surface area contributed by atoms with Crippen molar-refractivity contribution in [2.24, 2.45) is 5.92 Å². The van der Waals surface area contributed by atoms with E-state index < -0.39 is 12.6 Å². The summed E-state index contributed by atoms with van der Waals surface area (Å²) in [5.41, 5.74) is 0. The van der Waals surface area contributed by atoms with Gasteiger partial charge in [-0.05, 0) is 49.6 Å². The second kappa shape index (κ2) is 6.06. The van der Waals surface area contributed by atoms with Crippen LogP contribution in [0.25, 0.3) is 0 Å². The van der Waals surface area contributed by atoms with Crippen molar-refractivity contribution in [1.29, 1.82) is 0 Å². The Bertz CT molecular complexity index is 344. The Kier molecular flexibility index (Phi) is 4.67. The Hall–Kier alpha value is -0.550. The largest absolute Gasteiger partial charge is 0.389 e. The van der Waals surface area contributed by atoms with Crippen molar-refractivity contribution in [3.05, 3.63) is 22.4 Å². The SMILES string of the molecule is FC(F)(F)CCCCNC(c1cccs1)C1CC1. The van der Waals surface area contributed by atoms with Crippen LogP contribution in [0.2, 0.25) is 0 Å². The lowest BCUT2D eigenvalue weighted by atomic mass is 10.1. The molecule has 18 heavy (non-hydrogen) atoms. The van der Waals surface area contributed by atoms with Gasteiger partial charge in [-0.25, -0.2) is 0 Å².